The zero-order chi connectivity index (χ0) is 24.2. The average Bonchev–Trinajstić information content (AvgIpc) is 3.11. The number of nitrogens with zero attached hydrogens (tertiary/aromatic N) is 3. The third kappa shape index (κ3) is 3.83. The zero-order valence-electron chi connectivity index (χ0n) is 20.4. The van der Waals surface area contributed by atoms with Gasteiger partial charge in [0, 0.05) is 43.0 Å². The topological polar surface area (TPSA) is 57.2 Å². The fourth-order valence-electron chi connectivity index (χ4n) is 5.19. The summed E-state index contributed by atoms with van der Waals surface area (Å²) in [6, 6.07) is 3.32. The molecule has 1 N–H and O–H groups in total. The van der Waals surface area contributed by atoms with E-state index in [1.807, 2.05) is 32.9 Å². The predicted molar refractivity (Wildman–Crippen MR) is 132 cm³/mol. The average molecular weight is 463 g/mol. The molecule has 4 aliphatic rings. The molecule has 1 aromatic carbocycles. The van der Waals surface area contributed by atoms with Crippen LogP contribution < -0.4 is 5.43 Å². The first-order valence-electron chi connectivity index (χ1n) is 11.9. The Kier molecular flexibility index (Phi) is 5.38. The van der Waals surface area contributed by atoms with E-state index in [1.165, 1.54) is 5.57 Å². The molecule has 1 amide bonds. The van der Waals surface area contributed by atoms with Crippen LogP contribution in [0.25, 0.3) is 11.6 Å². The molecule has 0 bridgehead atoms. The number of ether oxygens (including phenoxy) is 1. The van der Waals surface area contributed by atoms with E-state index in [0.29, 0.717) is 13.1 Å². The van der Waals surface area contributed by atoms with Gasteiger partial charge in [0.2, 0.25) is 0 Å². The number of hydrazone groups is 1. The van der Waals surface area contributed by atoms with E-state index in [2.05, 4.69) is 36.6 Å². The monoisotopic (exact) mass is 462 g/mol. The fourth-order valence-corrected chi connectivity index (χ4v) is 5.19. The number of benzene rings is 1. The van der Waals surface area contributed by atoms with Gasteiger partial charge in [-0.05, 0) is 68.5 Å². The molecular weight excluding hydrogens is 431 g/mol. The standard InChI is InChI=1S/C27H31FN4O2/c1-6-22-24(16-9-11-32(12-10-16)26(33)34-27(2,3)4)25-20(15-31(22)5)19-14-18(28)13-17-7-8-21(23(17)19)29-30-25/h7-9,13-15,22,30H,6,10-12H2,1-5H3. The van der Waals surface area contributed by atoms with Crippen LogP contribution in [0.5, 0.6) is 0 Å². The number of carbonyl (C=O) groups excluding carboxylic acids is 1. The van der Waals surface area contributed by atoms with Gasteiger partial charge in [0.1, 0.15) is 11.4 Å². The van der Waals surface area contributed by atoms with Crippen LogP contribution in [0.3, 0.4) is 0 Å². The van der Waals surface area contributed by atoms with Crippen molar-refractivity contribution in [1.82, 2.24) is 15.2 Å². The molecule has 3 heterocycles. The molecule has 0 radical (unpaired) electrons. The number of amides is 1. The Hall–Kier alpha value is -3.35. The van der Waals surface area contributed by atoms with Crippen molar-refractivity contribution in [2.75, 3.05) is 20.1 Å². The highest BCUT2D eigenvalue weighted by Gasteiger charge is 2.35. The second kappa shape index (κ2) is 8.15. The molecule has 7 heteroatoms. The van der Waals surface area contributed by atoms with E-state index in [9.17, 15) is 9.18 Å². The Morgan fingerprint density at radius 2 is 2.09 bits per heavy atom. The van der Waals surface area contributed by atoms with Gasteiger partial charge in [0.15, 0.2) is 0 Å². The molecular formula is C27H31FN4O2. The lowest BCUT2D eigenvalue weighted by molar-refractivity contribution is 0.0266. The first-order valence-corrected chi connectivity index (χ1v) is 11.9. The molecule has 1 aliphatic carbocycles. The van der Waals surface area contributed by atoms with Crippen molar-refractivity contribution >= 4 is 23.5 Å². The summed E-state index contributed by atoms with van der Waals surface area (Å²) in [5, 5.41) is 4.70. The Balaban J connectivity index is 1.56. The van der Waals surface area contributed by atoms with E-state index in [1.54, 1.807) is 17.0 Å². The van der Waals surface area contributed by atoms with Gasteiger partial charge in [0.25, 0.3) is 0 Å². The molecule has 0 saturated carbocycles. The first-order chi connectivity index (χ1) is 16.2. The van der Waals surface area contributed by atoms with Gasteiger partial charge >= 0.3 is 6.09 Å². The van der Waals surface area contributed by atoms with Crippen LogP contribution in [0.4, 0.5) is 9.18 Å². The third-order valence-corrected chi connectivity index (χ3v) is 6.68. The number of allylic oxidation sites excluding steroid dienone is 2. The summed E-state index contributed by atoms with van der Waals surface area (Å²) >= 11 is 0. The van der Waals surface area contributed by atoms with Crippen LogP contribution in [-0.4, -0.2) is 53.4 Å². The van der Waals surface area contributed by atoms with Gasteiger partial charge in [0.05, 0.1) is 17.5 Å². The van der Waals surface area contributed by atoms with Gasteiger partial charge in [-0.25, -0.2) is 9.18 Å². The van der Waals surface area contributed by atoms with Gasteiger partial charge in [-0.3, -0.25) is 5.43 Å². The van der Waals surface area contributed by atoms with Crippen molar-refractivity contribution < 1.29 is 13.9 Å². The van der Waals surface area contributed by atoms with E-state index >= 15 is 0 Å². The lowest BCUT2D eigenvalue weighted by Crippen LogP contribution is -2.41. The number of hydrogen-bond acceptors (Lipinski definition) is 5. The first kappa shape index (κ1) is 22.4. The smallest absolute Gasteiger partial charge is 0.410 e. The maximum Gasteiger partial charge on any atom is 0.410 e. The van der Waals surface area contributed by atoms with Gasteiger partial charge < -0.3 is 14.5 Å². The van der Waals surface area contributed by atoms with Crippen LogP contribution in [0, 0.1) is 5.82 Å². The highest BCUT2D eigenvalue weighted by atomic mass is 19.1. The normalized spacial score (nSPS) is 21.2. The fraction of sp³-hybridized carbons (Fsp3) is 0.407. The number of rotatable bonds is 2. The summed E-state index contributed by atoms with van der Waals surface area (Å²) in [5.41, 5.74) is 10.5. The van der Waals surface area contributed by atoms with Gasteiger partial charge in [-0.15, -0.1) is 0 Å². The molecule has 0 fully saturated rings. The van der Waals surface area contributed by atoms with Crippen LogP contribution in [0.15, 0.2) is 52.4 Å². The van der Waals surface area contributed by atoms with E-state index < -0.39 is 5.60 Å². The zero-order valence-corrected chi connectivity index (χ0v) is 20.4. The largest absolute Gasteiger partial charge is 0.444 e. The highest BCUT2D eigenvalue weighted by Crippen LogP contribution is 2.42. The van der Waals surface area contributed by atoms with Crippen LogP contribution >= 0.6 is 0 Å². The van der Waals surface area contributed by atoms with E-state index in [-0.39, 0.29) is 18.0 Å². The molecule has 178 valence electrons. The molecule has 0 saturated heterocycles. The van der Waals surface area contributed by atoms with Crippen LogP contribution in [-0.2, 0) is 4.74 Å². The maximum absolute atomic E-state index is 14.6. The van der Waals surface area contributed by atoms with Crippen molar-refractivity contribution in [2.24, 2.45) is 5.10 Å². The molecule has 1 unspecified atom stereocenters. The molecule has 5 rings (SSSR count). The Morgan fingerprint density at radius 1 is 1.29 bits per heavy atom. The quantitative estimate of drug-likeness (QED) is 0.669. The van der Waals surface area contributed by atoms with Gasteiger partial charge in [-0.2, -0.15) is 5.10 Å². The summed E-state index contributed by atoms with van der Waals surface area (Å²) in [7, 11) is 2.07. The number of hydrogen-bond donors (Lipinski definition) is 1. The van der Waals surface area contributed by atoms with Crippen LogP contribution in [0.2, 0.25) is 0 Å². The molecule has 1 atom stereocenters. The summed E-state index contributed by atoms with van der Waals surface area (Å²) in [5.74, 6) is -0.256. The Labute approximate surface area is 200 Å². The molecule has 3 aliphatic heterocycles. The lowest BCUT2D eigenvalue weighted by Gasteiger charge is -2.38. The minimum absolute atomic E-state index is 0.150. The Bertz CT molecular complexity index is 1220. The second-order valence-electron chi connectivity index (χ2n) is 10.2. The summed E-state index contributed by atoms with van der Waals surface area (Å²) < 4.78 is 20.1. The summed E-state index contributed by atoms with van der Waals surface area (Å²) in [6.45, 7) is 8.88. The minimum Gasteiger partial charge on any atom is -0.444 e. The maximum atomic E-state index is 14.6. The molecule has 1 aromatic rings. The predicted octanol–water partition coefficient (Wildman–Crippen LogP) is 5.05. The highest BCUT2D eigenvalue weighted by molar-refractivity contribution is 6.20. The molecule has 6 nitrogen and oxygen atoms in total. The van der Waals surface area contributed by atoms with Crippen LogP contribution in [0.1, 0.15) is 57.2 Å². The molecule has 34 heavy (non-hydrogen) atoms. The molecule has 0 spiro atoms. The van der Waals surface area contributed by atoms with Gasteiger partial charge in [-0.1, -0.05) is 19.1 Å². The SMILES string of the molecule is CCC1C(C2=CCN(C(=O)OC(C)(C)C)CC2)=C2NN=C3C=Cc4cc(F)cc(c43)C2=CN1C. The van der Waals surface area contributed by atoms with Crippen molar-refractivity contribution in [3.05, 3.63) is 69.8 Å². The third-order valence-electron chi connectivity index (χ3n) is 6.68. The Morgan fingerprint density at radius 3 is 2.76 bits per heavy atom. The number of nitrogens with one attached hydrogen (secondary N) is 1. The number of likely N-dealkylation sites (N-methyl/N-ethyl adjacent to an activating group) is 1. The van der Waals surface area contributed by atoms with E-state index in [4.69, 9.17) is 9.84 Å². The number of halogens is 1. The lowest BCUT2D eigenvalue weighted by atomic mass is 9.83. The van der Waals surface area contributed by atoms with Crippen molar-refractivity contribution in [1.29, 1.82) is 0 Å². The summed E-state index contributed by atoms with van der Waals surface area (Å²) in [4.78, 5) is 16.5. The number of fused-ring (bicyclic) bond motifs is 2. The second-order valence-corrected chi connectivity index (χ2v) is 10.2. The van der Waals surface area contributed by atoms with Crippen molar-refractivity contribution in [3.63, 3.8) is 0 Å². The molecule has 0 aromatic heterocycles. The minimum atomic E-state index is -0.522. The van der Waals surface area contributed by atoms with E-state index in [0.717, 1.165) is 52.1 Å². The van der Waals surface area contributed by atoms with Crippen molar-refractivity contribution in [3.8, 4) is 0 Å². The van der Waals surface area contributed by atoms with Crippen molar-refractivity contribution in [2.45, 2.75) is 52.2 Å². The summed E-state index contributed by atoms with van der Waals surface area (Å²) in [6.07, 6.45) is 9.40. The number of carbonyl (C=O) groups is 1.